The zero-order valence-corrected chi connectivity index (χ0v) is 10.2. The lowest BCUT2D eigenvalue weighted by atomic mass is 9.94. The first kappa shape index (κ1) is 11.0. The lowest BCUT2D eigenvalue weighted by Crippen LogP contribution is -2.48. The van der Waals surface area contributed by atoms with Gasteiger partial charge in [0.1, 0.15) is 0 Å². The summed E-state index contributed by atoms with van der Waals surface area (Å²) >= 11 is 0. The standard InChI is InChI=1S/C11H19NO3S/c13-16(14)5-1-2-8(7-16)12-10-6-9-3-4-11(10)15-9/h8-12H,1-7H2. The highest BCUT2D eigenvalue weighted by molar-refractivity contribution is 7.91. The molecular formula is C11H19NO3S. The molecule has 2 bridgehead atoms. The third-order valence-electron chi connectivity index (χ3n) is 4.02. The van der Waals surface area contributed by atoms with E-state index in [1.807, 2.05) is 0 Å². The Balaban J connectivity index is 1.59. The molecule has 3 aliphatic rings. The molecule has 0 spiro atoms. The van der Waals surface area contributed by atoms with Gasteiger partial charge >= 0.3 is 0 Å². The van der Waals surface area contributed by atoms with Crippen molar-refractivity contribution in [3.05, 3.63) is 0 Å². The molecule has 3 heterocycles. The molecule has 92 valence electrons. The second kappa shape index (κ2) is 3.96. The number of hydrogen-bond acceptors (Lipinski definition) is 4. The van der Waals surface area contributed by atoms with Gasteiger partial charge in [-0.3, -0.25) is 0 Å². The maximum absolute atomic E-state index is 11.5. The molecule has 0 aliphatic carbocycles. The van der Waals surface area contributed by atoms with Crippen LogP contribution >= 0.6 is 0 Å². The van der Waals surface area contributed by atoms with Crippen molar-refractivity contribution in [1.82, 2.24) is 5.32 Å². The van der Waals surface area contributed by atoms with Gasteiger partial charge in [0.05, 0.1) is 23.7 Å². The van der Waals surface area contributed by atoms with Crippen molar-refractivity contribution in [2.24, 2.45) is 0 Å². The molecule has 0 amide bonds. The van der Waals surface area contributed by atoms with Crippen molar-refractivity contribution in [3.8, 4) is 0 Å². The minimum atomic E-state index is -2.79. The van der Waals surface area contributed by atoms with Gasteiger partial charge in [-0.25, -0.2) is 8.42 Å². The van der Waals surface area contributed by atoms with E-state index in [0.717, 1.165) is 25.7 Å². The highest BCUT2D eigenvalue weighted by Gasteiger charge is 2.41. The lowest BCUT2D eigenvalue weighted by Gasteiger charge is -2.29. The minimum Gasteiger partial charge on any atom is -0.373 e. The fourth-order valence-corrected chi connectivity index (χ4v) is 4.92. The predicted octanol–water partition coefficient (Wildman–Crippen LogP) is 0.473. The van der Waals surface area contributed by atoms with E-state index < -0.39 is 9.84 Å². The van der Waals surface area contributed by atoms with Crippen LogP contribution in [0, 0.1) is 0 Å². The number of rotatable bonds is 2. The number of nitrogens with one attached hydrogen (secondary N) is 1. The Morgan fingerprint density at radius 2 is 2.06 bits per heavy atom. The van der Waals surface area contributed by atoms with Crippen molar-refractivity contribution in [3.63, 3.8) is 0 Å². The van der Waals surface area contributed by atoms with Crippen molar-refractivity contribution in [2.45, 2.75) is 56.4 Å². The van der Waals surface area contributed by atoms with Crippen LogP contribution in [0.4, 0.5) is 0 Å². The van der Waals surface area contributed by atoms with Gasteiger partial charge < -0.3 is 10.1 Å². The normalized spacial score (nSPS) is 46.0. The molecule has 4 nitrogen and oxygen atoms in total. The van der Waals surface area contributed by atoms with Crippen molar-refractivity contribution in [1.29, 1.82) is 0 Å². The van der Waals surface area contributed by atoms with E-state index in [2.05, 4.69) is 5.32 Å². The number of ether oxygens (including phenoxy) is 1. The monoisotopic (exact) mass is 245 g/mol. The van der Waals surface area contributed by atoms with Crippen LogP contribution in [-0.4, -0.2) is 44.2 Å². The Bertz CT molecular complexity index is 367. The Morgan fingerprint density at radius 3 is 2.69 bits per heavy atom. The van der Waals surface area contributed by atoms with Crippen molar-refractivity contribution in [2.75, 3.05) is 11.5 Å². The van der Waals surface area contributed by atoms with Crippen LogP contribution in [0.3, 0.4) is 0 Å². The molecule has 0 aromatic heterocycles. The first-order chi connectivity index (χ1) is 7.62. The summed E-state index contributed by atoms with van der Waals surface area (Å²) in [6, 6.07) is 0.559. The molecule has 0 aromatic carbocycles. The number of sulfone groups is 1. The molecule has 0 radical (unpaired) electrons. The summed E-state index contributed by atoms with van der Waals surface area (Å²) in [6.45, 7) is 0. The molecule has 1 N–H and O–H groups in total. The first-order valence-corrected chi connectivity index (χ1v) is 8.06. The molecule has 0 aromatic rings. The molecule has 0 saturated carbocycles. The van der Waals surface area contributed by atoms with Gasteiger partial charge in [0.2, 0.25) is 0 Å². The second-order valence-corrected chi connectivity index (χ2v) is 7.56. The highest BCUT2D eigenvalue weighted by Crippen LogP contribution is 2.34. The van der Waals surface area contributed by atoms with Crippen LogP contribution in [0.25, 0.3) is 0 Å². The van der Waals surface area contributed by atoms with Crippen molar-refractivity contribution >= 4 is 9.84 Å². The lowest BCUT2D eigenvalue weighted by molar-refractivity contribution is 0.0961. The van der Waals surface area contributed by atoms with Crippen LogP contribution < -0.4 is 5.32 Å². The Kier molecular flexibility index (Phi) is 2.72. The maximum atomic E-state index is 11.5. The van der Waals surface area contributed by atoms with E-state index in [0.29, 0.717) is 29.8 Å². The zero-order chi connectivity index (χ0) is 11.2. The SMILES string of the molecule is O=S1(=O)CCCC(NC2CC3CCC2O3)C1. The summed E-state index contributed by atoms with van der Waals surface area (Å²) in [7, 11) is -2.79. The van der Waals surface area contributed by atoms with Crippen LogP contribution in [0.5, 0.6) is 0 Å². The van der Waals surface area contributed by atoms with E-state index in [1.165, 1.54) is 6.42 Å². The fraction of sp³-hybridized carbons (Fsp3) is 1.00. The molecule has 3 fully saturated rings. The summed E-state index contributed by atoms with van der Waals surface area (Å²) in [5.41, 5.74) is 0. The smallest absolute Gasteiger partial charge is 0.151 e. The highest BCUT2D eigenvalue weighted by atomic mass is 32.2. The summed E-state index contributed by atoms with van der Waals surface area (Å²) < 4.78 is 28.8. The first-order valence-electron chi connectivity index (χ1n) is 6.24. The van der Waals surface area contributed by atoms with Gasteiger partial charge in [0, 0.05) is 12.1 Å². The number of hydrogen-bond donors (Lipinski definition) is 1. The van der Waals surface area contributed by atoms with E-state index in [4.69, 9.17) is 4.74 Å². The molecular weight excluding hydrogens is 226 g/mol. The van der Waals surface area contributed by atoms with E-state index >= 15 is 0 Å². The van der Waals surface area contributed by atoms with Gasteiger partial charge in [0.15, 0.2) is 9.84 Å². The fourth-order valence-electron chi connectivity index (χ4n) is 3.27. The van der Waals surface area contributed by atoms with Gasteiger partial charge in [-0.05, 0) is 32.1 Å². The van der Waals surface area contributed by atoms with Crippen LogP contribution in [0.15, 0.2) is 0 Å². The molecule has 3 rings (SSSR count). The third kappa shape index (κ3) is 2.13. The Hall–Kier alpha value is -0.130. The van der Waals surface area contributed by atoms with Crippen LogP contribution in [0.1, 0.15) is 32.1 Å². The van der Waals surface area contributed by atoms with Crippen LogP contribution in [-0.2, 0) is 14.6 Å². The maximum Gasteiger partial charge on any atom is 0.151 e. The van der Waals surface area contributed by atoms with E-state index in [-0.39, 0.29) is 6.04 Å². The van der Waals surface area contributed by atoms with Crippen molar-refractivity contribution < 1.29 is 13.2 Å². The summed E-state index contributed by atoms with van der Waals surface area (Å²) in [5.74, 6) is 0.694. The zero-order valence-electron chi connectivity index (χ0n) is 9.39. The van der Waals surface area contributed by atoms with Gasteiger partial charge in [-0.15, -0.1) is 0 Å². The molecule has 16 heavy (non-hydrogen) atoms. The van der Waals surface area contributed by atoms with Gasteiger partial charge in [0.25, 0.3) is 0 Å². The van der Waals surface area contributed by atoms with E-state index in [9.17, 15) is 8.42 Å². The quantitative estimate of drug-likeness (QED) is 0.768. The third-order valence-corrected chi connectivity index (χ3v) is 5.84. The van der Waals surface area contributed by atoms with Gasteiger partial charge in [-0.2, -0.15) is 0 Å². The molecule has 3 aliphatic heterocycles. The molecule has 3 saturated heterocycles. The van der Waals surface area contributed by atoms with Gasteiger partial charge in [-0.1, -0.05) is 0 Å². The summed E-state index contributed by atoms with van der Waals surface area (Å²) in [4.78, 5) is 0. The summed E-state index contributed by atoms with van der Waals surface area (Å²) in [5, 5.41) is 3.50. The Labute approximate surface area is 96.7 Å². The molecule has 5 heteroatoms. The summed E-state index contributed by atoms with van der Waals surface area (Å²) in [6.07, 6.45) is 5.97. The number of fused-ring (bicyclic) bond motifs is 2. The molecule has 4 atom stereocenters. The predicted molar refractivity (Wildman–Crippen MR) is 61.1 cm³/mol. The average Bonchev–Trinajstić information content (AvgIpc) is 2.77. The topological polar surface area (TPSA) is 55.4 Å². The Morgan fingerprint density at radius 1 is 1.19 bits per heavy atom. The average molecular weight is 245 g/mol. The van der Waals surface area contributed by atoms with Crippen LogP contribution in [0.2, 0.25) is 0 Å². The minimum absolute atomic E-state index is 0.159. The largest absolute Gasteiger partial charge is 0.373 e. The van der Waals surface area contributed by atoms with E-state index in [1.54, 1.807) is 0 Å². The molecule has 4 unspecified atom stereocenters. The second-order valence-electron chi connectivity index (χ2n) is 5.34.